The largest absolute Gasteiger partial charge is 0.377 e. The maximum absolute atomic E-state index is 11.0. The fourth-order valence-corrected chi connectivity index (χ4v) is 3.33. The fraction of sp³-hybridized carbons (Fsp3) is 0.571. The van der Waals surface area contributed by atoms with Gasteiger partial charge in [-0.3, -0.25) is 10.1 Å². The maximum Gasteiger partial charge on any atom is 0.292 e. The van der Waals surface area contributed by atoms with E-state index in [2.05, 4.69) is 10.2 Å². The summed E-state index contributed by atoms with van der Waals surface area (Å²) >= 11 is 0. The highest BCUT2D eigenvalue weighted by Crippen LogP contribution is 2.31. The van der Waals surface area contributed by atoms with Crippen LogP contribution in [-0.2, 0) is 0 Å². The van der Waals surface area contributed by atoms with Crippen molar-refractivity contribution in [3.63, 3.8) is 0 Å². The number of piperidine rings is 1. The smallest absolute Gasteiger partial charge is 0.292 e. The van der Waals surface area contributed by atoms with E-state index in [1.165, 1.54) is 19.4 Å². The molecule has 3 rings (SSSR count). The number of nitrogens with zero attached hydrogens (tertiary/aromatic N) is 2. The van der Waals surface area contributed by atoms with Gasteiger partial charge in [0.1, 0.15) is 5.69 Å². The lowest BCUT2D eigenvalue weighted by Crippen LogP contribution is -2.42. The Morgan fingerprint density at radius 1 is 1.26 bits per heavy atom. The molecule has 2 aliphatic rings. The van der Waals surface area contributed by atoms with Gasteiger partial charge in [-0.2, -0.15) is 0 Å². The van der Waals surface area contributed by atoms with E-state index in [0.717, 1.165) is 19.4 Å². The lowest BCUT2D eigenvalue weighted by Gasteiger charge is -2.35. The second-order valence-corrected chi connectivity index (χ2v) is 5.47. The minimum Gasteiger partial charge on any atom is -0.377 e. The molecule has 0 amide bonds. The highest BCUT2D eigenvalue weighted by Gasteiger charge is 2.32. The Labute approximate surface area is 112 Å². The van der Waals surface area contributed by atoms with Crippen molar-refractivity contribution < 1.29 is 4.92 Å². The van der Waals surface area contributed by atoms with Crippen molar-refractivity contribution in [3.8, 4) is 0 Å². The van der Waals surface area contributed by atoms with Crippen LogP contribution in [0, 0.1) is 10.1 Å². The van der Waals surface area contributed by atoms with Crippen LogP contribution in [0.25, 0.3) is 0 Å². The van der Waals surface area contributed by atoms with Crippen LogP contribution in [0.5, 0.6) is 0 Å². The maximum atomic E-state index is 11.0. The predicted octanol–water partition coefficient (Wildman–Crippen LogP) is 2.63. The number of benzene rings is 1. The quantitative estimate of drug-likeness (QED) is 0.671. The van der Waals surface area contributed by atoms with Crippen molar-refractivity contribution in [2.24, 2.45) is 0 Å². The minimum absolute atomic E-state index is 0.177. The summed E-state index contributed by atoms with van der Waals surface area (Å²) in [6.45, 7) is 2.34. The molecular weight excluding hydrogens is 242 g/mol. The number of fused-ring (bicyclic) bond motifs is 1. The molecule has 2 atom stereocenters. The molecule has 2 heterocycles. The zero-order chi connectivity index (χ0) is 13.2. The second-order valence-electron chi connectivity index (χ2n) is 5.47. The van der Waals surface area contributed by atoms with E-state index in [-0.39, 0.29) is 10.6 Å². The van der Waals surface area contributed by atoms with Gasteiger partial charge in [0.2, 0.25) is 0 Å². The van der Waals surface area contributed by atoms with Crippen LogP contribution in [0.1, 0.15) is 25.7 Å². The topological polar surface area (TPSA) is 58.4 Å². The van der Waals surface area contributed by atoms with Crippen LogP contribution >= 0.6 is 0 Å². The Kier molecular flexibility index (Phi) is 3.38. The average Bonchev–Trinajstić information content (AvgIpc) is 2.86. The van der Waals surface area contributed by atoms with Crippen molar-refractivity contribution in [2.45, 2.75) is 37.8 Å². The van der Waals surface area contributed by atoms with E-state index in [1.807, 2.05) is 6.07 Å². The summed E-state index contributed by atoms with van der Waals surface area (Å²) in [6.07, 6.45) is 4.74. The summed E-state index contributed by atoms with van der Waals surface area (Å²) in [5.74, 6) is 0. The number of hydrogen-bond donors (Lipinski definition) is 1. The zero-order valence-electron chi connectivity index (χ0n) is 10.9. The van der Waals surface area contributed by atoms with E-state index >= 15 is 0 Å². The van der Waals surface area contributed by atoms with Crippen LogP contribution in [0.3, 0.4) is 0 Å². The third-order valence-corrected chi connectivity index (χ3v) is 4.28. The summed E-state index contributed by atoms with van der Waals surface area (Å²) in [4.78, 5) is 13.2. The molecule has 19 heavy (non-hydrogen) atoms. The van der Waals surface area contributed by atoms with E-state index < -0.39 is 0 Å². The summed E-state index contributed by atoms with van der Waals surface area (Å²) in [6, 6.07) is 7.96. The van der Waals surface area contributed by atoms with Gasteiger partial charge < -0.3 is 10.2 Å². The number of para-hydroxylation sites is 2. The highest BCUT2D eigenvalue weighted by molar-refractivity contribution is 5.61. The van der Waals surface area contributed by atoms with E-state index in [4.69, 9.17) is 0 Å². The van der Waals surface area contributed by atoms with Crippen LogP contribution in [-0.4, -0.2) is 35.0 Å². The molecule has 1 aromatic carbocycles. The third kappa shape index (κ3) is 2.56. The molecular formula is C14H19N3O2. The molecule has 2 unspecified atom stereocenters. The summed E-state index contributed by atoms with van der Waals surface area (Å²) < 4.78 is 0. The monoisotopic (exact) mass is 261 g/mol. The van der Waals surface area contributed by atoms with Gasteiger partial charge >= 0.3 is 0 Å². The Balaban J connectivity index is 1.70. The van der Waals surface area contributed by atoms with Crippen molar-refractivity contribution in [3.05, 3.63) is 34.4 Å². The van der Waals surface area contributed by atoms with Gasteiger partial charge in [0.25, 0.3) is 5.69 Å². The normalized spacial score (nSPS) is 26.9. The molecule has 2 aliphatic heterocycles. The number of hydrogen-bond acceptors (Lipinski definition) is 4. The molecule has 0 bridgehead atoms. The molecule has 1 N–H and O–H groups in total. The Morgan fingerprint density at radius 2 is 2.11 bits per heavy atom. The second kappa shape index (κ2) is 5.17. The van der Waals surface area contributed by atoms with Crippen molar-refractivity contribution in [1.29, 1.82) is 0 Å². The lowest BCUT2D eigenvalue weighted by molar-refractivity contribution is -0.384. The molecule has 102 valence electrons. The highest BCUT2D eigenvalue weighted by atomic mass is 16.6. The van der Waals surface area contributed by atoms with E-state index in [9.17, 15) is 10.1 Å². The Hall–Kier alpha value is -1.62. The van der Waals surface area contributed by atoms with Gasteiger partial charge in [0.05, 0.1) is 4.92 Å². The molecule has 0 aliphatic carbocycles. The Bertz CT molecular complexity index is 478. The van der Waals surface area contributed by atoms with Crippen LogP contribution in [0.15, 0.2) is 24.3 Å². The van der Waals surface area contributed by atoms with E-state index in [0.29, 0.717) is 17.8 Å². The predicted molar refractivity (Wildman–Crippen MR) is 74.3 cm³/mol. The first-order valence-electron chi connectivity index (χ1n) is 6.98. The number of anilines is 1. The van der Waals surface area contributed by atoms with Crippen LogP contribution in [0.4, 0.5) is 11.4 Å². The first kappa shape index (κ1) is 12.4. The molecule has 0 radical (unpaired) electrons. The van der Waals surface area contributed by atoms with E-state index in [1.54, 1.807) is 18.2 Å². The molecule has 5 nitrogen and oxygen atoms in total. The van der Waals surface area contributed by atoms with Gasteiger partial charge in [-0.15, -0.1) is 0 Å². The first-order valence-corrected chi connectivity index (χ1v) is 6.98. The molecule has 1 aromatic rings. The van der Waals surface area contributed by atoms with Crippen molar-refractivity contribution >= 4 is 11.4 Å². The molecule has 0 saturated carbocycles. The third-order valence-electron chi connectivity index (χ3n) is 4.28. The molecule has 0 aromatic heterocycles. The summed E-state index contributed by atoms with van der Waals surface area (Å²) in [7, 11) is 0. The molecule has 2 saturated heterocycles. The summed E-state index contributed by atoms with van der Waals surface area (Å²) in [5, 5.41) is 14.4. The number of nitro groups is 1. The van der Waals surface area contributed by atoms with Crippen LogP contribution in [0.2, 0.25) is 0 Å². The molecule has 2 fully saturated rings. The van der Waals surface area contributed by atoms with Gasteiger partial charge in [-0.05, 0) is 38.3 Å². The van der Waals surface area contributed by atoms with Gasteiger partial charge in [0.15, 0.2) is 0 Å². The number of rotatable bonds is 3. The van der Waals surface area contributed by atoms with Crippen molar-refractivity contribution in [2.75, 3.05) is 18.4 Å². The van der Waals surface area contributed by atoms with Gasteiger partial charge in [-0.1, -0.05) is 12.1 Å². The standard InChI is InChI=1S/C14H19N3O2/c18-17(19)14-6-2-1-5-13(14)15-11-7-9-16-8-3-4-12(16)10-11/h1-2,5-6,11-12,15H,3-4,7-10H2. The minimum atomic E-state index is -0.312. The van der Waals surface area contributed by atoms with Gasteiger partial charge in [-0.25, -0.2) is 0 Å². The van der Waals surface area contributed by atoms with Crippen LogP contribution < -0.4 is 5.32 Å². The number of nitro benzene ring substituents is 1. The number of nitrogens with one attached hydrogen (secondary N) is 1. The first-order chi connectivity index (χ1) is 9.24. The van der Waals surface area contributed by atoms with Crippen molar-refractivity contribution in [1.82, 2.24) is 4.90 Å². The SMILES string of the molecule is O=[N+]([O-])c1ccccc1NC1CCN2CCCC2C1. The zero-order valence-corrected chi connectivity index (χ0v) is 10.9. The van der Waals surface area contributed by atoms with Gasteiger partial charge in [0, 0.05) is 24.7 Å². The summed E-state index contributed by atoms with van der Waals surface area (Å²) in [5.41, 5.74) is 0.834. The molecule has 0 spiro atoms. The Morgan fingerprint density at radius 3 is 2.95 bits per heavy atom. The average molecular weight is 261 g/mol. The fourth-order valence-electron chi connectivity index (χ4n) is 3.33. The molecule has 5 heteroatoms. The lowest BCUT2D eigenvalue weighted by atomic mass is 9.97.